The van der Waals surface area contributed by atoms with E-state index in [4.69, 9.17) is 4.74 Å². The van der Waals surface area contributed by atoms with Gasteiger partial charge in [-0.2, -0.15) is 0 Å². The van der Waals surface area contributed by atoms with E-state index >= 15 is 0 Å². The molecule has 1 fully saturated rings. The molecule has 0 unspecified atom stereocenters. The highest BCUT2D eigenvalue weighted by Crippen LogP contribution is 2.25. The van der Waals surface area contributed by atoms with E-state index < -0.39 is 5.97 Å². The fraction of sp³-hybridized carbons (Fsp3) is 0.500. The predicted octanol–water partition coefficient (Wildman–Crippen LogP) is 1.74. The van der Waals surface area contributed by atoms with Gasteiger partial charge in [-0.1, -0.05) is 0 Å². The van der Waals surface area contributed by atoms with Crippen LogP contribution in [-0.2, 0) is 19.1 Å². The summed E-state index contributed by atoms with van der Waals surface area (Å²) < 4.78 is 9.83. The maximum absolute atomic E-state index is 12.4. The number of carbonyl (C=O) groups is 3. The van der Waals surface area contributed by atoms with Gasteiger partial charge in [0.05, 0.1) is 13.0 Å². The number of rotatable bonds is 6. The summed E-state index contributed by atoms with van der Waals surface area (Å²) in [4.78, 5) is 37.2. The molecule has 136 valence electrons. The van der Waals surface area contributed by atoms with Crippen molar-refractivity contribution >= 4 is 23.5 Å². The van der Waals surface area contributed by atoms with Crippen LogP contribution in [0.3, 0.4) is 0 Å². The molecule has 0 aliphatic carbocycles. The SMILES string of the molecule is COC(=O)COc1ccc(NC(=O)[C@H]2CC(=O)N(C(C)C)C2)c(C)c1. The lowest BCUT2D eigenvalue weighted by Gasteiger charge is -2.20. The number of likely N-dealkylation sites (tertiary alicyclic amines) is 1. The summed E-state index contributed by atoms with van der Waals surface area (Å²) in [6, 6.07) is 5.22. The van der Waals surface area contributed by atoms with Gasteiger partial charge in [0.2, 0.25) is 11.8 Å². The maximum atomic E-state index is 12.4. The first kappa shape index (κ1) is 18.8. The van der Waals surface area contributed by atoms with Gasteiger partial charge in [0, 0.05) is 24.7 Å². The number of carbonyl (C=O) groups excluding carboxylic acids is 3. The number of nitrogens with one attached hydrogen (secondary N) is 1. The molecule has 0 saturated carbocycles. The van der Waals surface area contributed by atoms with E-state index in [1.807, 2.05) is 20.8 Å². The summed E-state index contributed by atoms with van der Waals surface area (Å²) >= 11 is 0. The zero-order valence-corrected chi connectivity index (χ0v) is 15.0. The molecule has 0 spiro atoms. The average molecular weight is 348 g/mol. The largest absolute Gasteiger partial charge is 0.482 e. The second-order valence-corrected chi connectivity index (χ2v) is 6.37. The van der Waals surface area contributed by atoms with E-state index in [-0.39, 0.29) is 36.8 Å². The van der Waals surface area contributed by atoms with Crippen molar-refractivity contribution in [3.05, 3.63) is 23.8 Å². The number of benzene rings is 1. The lowest BCUT2D eigenvalue weighted by Crippen LogP contribution is -2.33. The van der Waals surface area contributed by atoms with Gasteiger partial charge >= 0.3 is 5.97 Å². The molecule has 0 radical (unpaired) electrons. The average Bonchev–Trinajstić information content (AvgIpc) is 2.97. The van der Waals surface area contributed by atoms with Gasteiger partial charge in [-0.15, -0.1) is 0 Å². The van der Waals surface area contributed by atoms with Crippen molar-refractivity contribution in [1.82, 2.24) is 4.90 Å². The predicted molar refractivity (Wildman–Crippen MR) is 92.3 cm³/mol. The number of ether oxygens (including phenoxy) is 2. The van der Waals surface area contributed by atoms with Crippen LogP contribution in [0.2, 0.25) is 0 Å². The third kappa shape index (κ3) is 4.71. The minimum Gasteiger partial charge on any atom is -0.482 e. The highest BCUT2D eigenvalue weighted by atomic mass is 16.6. The zero-order valence-electron chi connectivity index (χ0n) is 15.0. The van der Waals surface area contributed by atoms with Crippen molar-refractivity contribution in [2.24, 2.45) is 5.92 Å². The molecule has 1 atom stereocenters. The van der Waals surface area contributed by atoms with E-state index in [2.05, 4.69) is 10.1 Å². The standard InChI is InChI=1S/C18H24N2O5/c1-11(2)20-9-13(8-16(20)21)18(23)19-15-6-5-14(7-12(15)3)25-10-17(22)24-4/h5-7,11,13H,8-10H2,1-4H3,(H,19,23)/t13-/m0/s1. The second-order valence-electron chi connectivity index (χ2n) is 6.37. The monoisotopic (exact) mass is 348 g/mol. The minimum atomic E-state index is -0.462. The molecule has 1 saturated heterocycles. The van der Waals surface area contributed by atoms with Gasteiger partial charge in [0.15, 0.2) is 6.61 Å². The molecule has 25 heavy (non-hydrogen) atoms. The molecule has 2 rings (SSSR count). The molecule has 7 nitrogen and oxygen atoms in total. The number of nitrogens with zero attached hydrogens (tertiary/aromatic N) is 1. The van der Waals surface area contributed by atoms with Crippen molar-refractivity contribution in [2.75, 3.05) is 25.6 Å². The van der Waals surface area contributed by atoms with Gasteiger partial charge in [0.25, 0.3) is 0 Å². The smallest absolute Gasteiger partial charge is 0.343 e. The third-order valence-corrected chi connectivity index (χ3v) is 4.19. The first-order valence-electron chi connectivity index (χ1n) is 8.22. The highest BCUT2D eigenvalue weighted by Gasteiger charge is 2.35. The zero-order chi connectivity index (χ0) is 18.6. The Morgan fingerprint density at radius 2 is 2.08 bits per heavy atom. The van der Waals surface area contributed by atoms with E-state index in [9.17, 15) is 14.4 Å². The van der Waals surface area contributed by atoms with Crippen molar-refractivity contribution in [1.29, 1.82) is 0 Å². The lowest BCUT2D eigenvalue weighted by atomic mass is 10.1. The molecule has 1 N–H and O–H groups in total. The highest BCUT2D eigenvalue weighted by molar-refractivity contribution is 5.97. The van der Waals surface area contributed by atoms with Crippen molar-refractivity contribution < 1.29 is 23.9 Å². The Balaban J connectivity index is 1.97. The molecular weight excluding hydrogens is 324 g/mol. The Hall–Kier alpha value is -2.57. The number of hydrogen-bond acceptors (Lipinski definition) is 5. The fourth-order valence-electron chi connectivity index (χ4n) is 2.71. The Morgan fingerprint density at radius 1 is 1.36 bits per heavy atom. The first-order chi connectivity index (χ1) is 11.8. The van der Waals surface area contributed by atoms with Gasteiger partial charge < -0.3 is 19.7 Å². The molecule has 1 heterocycles. The number of amides is 2. The Labute approximate surface area is 147 Å². The molecule has 0 bridgehead atoms. The second kappa shape index (κ2) is 8.00. The Kier molecular flexibility index (Phi) is 6.01. The van der Waals surface area contributed by atoms with E-state index in [0.29, 0.717) is 18.0 Å². The lowest BCUT2D eigenvalue weighted by molar-refractivity contribution is -0.143. The fourth-order valence-corrected chi connectivity index (χ4v) is 2.71. The molecule has 0 aromatic heterocycles. The number of aryl methyl sites for hydroxylation is 1. The summed E-state index contributed by atoms with van der Waals surface area (Å²) in [7, 11) is 1.30. The van der Waals surface area contributed by atoms with E-state index in [0.717, 1.165) is 5.56 Å². The van der Waals surface area contributed by atoms with Crippen molar-refractivity contribution in [3.63, 3.8) is 0 Å². The van der Waals surface area contributed by atoms with Crippen LogP contribution in [-0.4, -0.2) is 49.0 Å². The van der Waals surface area contributed by atoms with Crippen LogP contribution in [0.15, 0.2) is 18.2 Å². The summed E-state index contributed by atoms with van der Waals surface area (Å²) in [5.41, 5.74) is 1.46. The van der Waals surface area contributed by atoms with Gasteiger partial charge in [0.1, 0.15) is 5.75 Å². The molecule has 1 aromatic rings. The van der Waals surface area contributed by atoms with Crippen LogP contribution in [0.1, 0.15) is 25.8 Å². The van der Waals surface area contributed by atoms with Gasteiger partial charge in [-0.3, -0.25) is 9.59 Å². The van der Waals surface area contributed by atoms with E-state index in [1.54, 1.807) is 23.1 Å². The third-order valence-electron chi connectivity index (χ3n) is 4.19. The minimum absolute atomic E-state index is 0.0124. The molecule has 1 aliphatic heterocycles. The molecular formula is C18H24N2O5. The summed E-state index contributed by atoms with van der Waals surface area (Å²) in [5, 5.41) is 2.87. The van der Waals surface area contributed by atoms with Crippen LogP contribution in [0.4, 0.5) is 5.69 Å². The molecule has 2 amide bonds. The summed E-state index contributed by atoms with van der Waals surface area (Å²) in [6.07, 6.45) is 0.239. The summed E-state index contributed by atoms with van der Waals surface area (Å²) in [5.74, 6) is -0.440. The molecule has 1 aliphatic rings. The Bertz CT molecular complexity index is 671. The van der Waals surface area contributed by atoms with E-state index in [1.165, 1.54) is 7.11 Å². The first-order valence-corrected chi connectivity index (χ1v) is 8.22. The Morgan fingerprint density at radius 3 is 2.64 bits per heavy atom. The van der Waals surface area contributed by atoms with Crippen LogP contribution in [0, 0.1) is 12.8 Å². The van der Waals surface area contributed by atoms with Crippen LogP contribution in [0.5, 0.6) is 5.75 Å². The number of methoxy groups -OCH3 is 1. The van der Waals surface area contributed by atoms with Crippen LogP contribution >= 0.6 is 0 Å². The van der Waals surface area contributed by atoms with Crippen molar-refractivity contribution in [2.45, 2.75) is 33.2 Å². The van der Waals surface area contributed by atoms with Crippen LogP contribution < -0.4 is 10.1 Å². The normalized spacial score (nSPS) is 16.9. The number of anilines is 1. The number of esters is 1. The van der Waals surface area contributed by atoms with Crippen LogP contribution in [0.25, 0.3) is 0 Å². The topological polar surface area (TPSA) is 84.9 Å². The molecule has 7 heteroatoms. The number of hydrogen-bond donors (Lipinski definition) is 1. The maximum Gasteiger partial charge on any atom is 0.343 e. The molecule has 1 aromatic carbocycles. The van der Waals surface area contributed by atoms with Gasteiger partial charge in [-0.25, -0.2) is 4.79 Å². The quantitative estimate of drug-likeness (QED) is 0.792. The van der Waals surface area contributed by atoms with Crippen molar-refractivity contribution in [3.8, 4) is 5.75 Å². The summed E-state index contributed by atoms with van der Waals surface area (Å²) in [6.45, 7) is 5.99. The van der Waals surface area contributed by atoms with Gasteiger partial charge in [-0.05, 0) is 44.5 Å².